The van der Waals surface area contributed by atoms with Gasteiger partial charge in [-0.25, -0.2) is 9.78 Å². The molecule has 0 aromatic carbocycles. The number of ether oxygens (including phenoxy) is 1. The molecule has 0 fully saturated rings. The van der Waals surface area contributed by atoms with Crippen LogP contribution in [0.25, 0.3) is 0 Å². The number of carbonyl (C=O) groups is 1. The van der Waals surface area contributed by atoms with E-state index in [1.807, 2.05) is 6.92 Å². The molecule has 1 rings (SSSR count). The number of carbonyl (C=O) groups excluding carboxylic acids is 1. The van der Waals surface area contributed by atoms with Gasteiger partial charge in [0.1, 0.15) is 11.1 Å². The van der Waals surface area contributed by atoms with Crippen molar-refractivity contribution in [1.82, 2.24) is 4.98 Å². The first-order chi connectivity index (χ1) is 6.97. The van der Waals surface area contributed by atoms with Crippen LogP contribution >= 0.6 is 11.3 Å². The van der Waals surface area contributed by atoms with E-state index in [-0.39, 0.29) is 0 Å². The van der Waals surface area contributed by atoms with Crippen LogP contribution < -0.4 is 0 Å². The number of aliphatic hydroxyl groups is 2. The number of methoxy groups -OCH3 is 1. The quantitative estimate of drug-likeness (QED) is 0.733. The van der Waals surface area contributed by atoms with Gasteiger partial charge in [-0.1, -0.05) is 0 Å². The standard InChI is InChI=1S/C9H13NO4S/c1-4-5(2)15-8(10-4)6(11)7(12)9(13)14-3/h6-7,11-12H,1-3H3. The van der Waals surface area contributed by atoms with E-state index < -0.39 is 18.2 Å². The van der Waals surface area contributed by atoms with Gasteiger partial charge < -0.3 is 14.9 Å². The molecule has 84 valence electrons. The first-order valence-electron chi connectivity index (χ1n) is 4.35. The van der Waals surface area contributed by atoms with Crippen LogP contribution in [0, 0.1) is 13.8 Å². The number of hydrogen-bond acceptors (Lipinski definition) is 6. The van der Waals surface area contributed by atoms with Crippen LogP contribution in [-0.2, 0) is 9.53 Å². The molecule has 0 aliphatic heterocycles. The van der Waals surface area contributed by atoms with Gasteiger partial charge in [0, 0.05) is 4.88 Å². The Labute approximate surface area is 91.3 Å². The SMILES string of the molecule is COC(=O)C(O)C(O)c1nc(C)c(C)s1. The second-order valence-electron chi connectivity index (χ2n) is 3.11. The van der Waals surface area contributed by atoms with Crippen LogP contribution in [0.5, 0.6) is 0 Å². The molecule has 2 unspecified atom stereocenters. The zero-order valence-electron chi connectivity index (χ0n) is 8.72. The molecule has 1 aromatic rings. The monoisotopic (exact) mass is 231 g/mol. The zero-order chi connectivity index (χ0) is 11.6. The number of aromatic nitrogens is 1. The van der Waals surface area contributed by atoms with Crippen molar-refractivity contribution in [3.05, 3.63) is 15.6 Å². The zero-order valence-corrected chi connectivity index (χ0v) is 9.54. The van der Waals surface area contributed by atoms with Crippen LogP contribution in [0.1, 0.15) is 21.7 Å². The Bertz CT molecular complexity index is 343. The molecule has 0 bridgehead atoms. The van der Waals surface area contributed by atoms with Gasteiger partial charge in [-0.15, -0.1) is 11.3 Å². The van der Waals surface area contributed by atoms with E-state index in [1.54, 1.807) is 6.92 Å². The van der Waals surface area contributed by atoms with Crippen molar-refractivity contribution in [2.45, 2.75) is 26.1 Å². The summed E-state index contributed by atoms with van der Waals surface area (Å²) in [4.78, 5) is 16.0. The summed E-state index contributed by atoms with van der Waals surface area (Å²) < 4.78 is 4.32. The average molecular weight is 231 g/mol. The molecule has 0 aliphatic rings. The lowest BCUT2D eigenvalue weighted by Crippen LogP contribution is -2.28. The Hall–Kier alpha value is -0.980. The Morgan fingerprint density at radius 3 is 2.47 bits per heavy atom. The van der Waals surface area contributed by atoms with E-state index in [4.69, 9.17) is 0 Å². The molecule has 2 N–H and O–H groups in total. The maximum Gasteiger partial charge on any atom is 0.337 e. The molecule has 15 heavy (non-hydrogen) atoms. The van der Waals surface area contributed by atoms with E-state index in [9.17, 15) is 15.0 Å². The molecule has 0 radical (unpaired) electrons. The molecule has 2 atom stereocenters. The highest BCUT2D eigenvalue weighted by Gasteiger charge is 2.29. The predicted octanol–water partition coefficient (Wildman–Crippen LogP) is 0.327. The lowest BCUT2D eigenvalue weighted by atomic mass is 10.2. The molecule has 1 aromatic heterocycles. The molecule has 0 saturated carbocycles. The highest BCUT2D eigenvalue weighted by molar-refractivity contribution is 7.11. The normalized spacial score (nSPS) is 14.7. The van der Waals surface area contributed by atoms with Gasteiger partial charge >= 0.3 is 5.97 Å². The minimum atomic E-state index is -1.58. The molecule has 5 nitrogen and oxygen atoms in total. The van der Waals surface area contributed by atoms with E-state index in [0.717, 1.165) is 17.7 Å². The molecule has 0 spiro atoms. The second-order valence-corrected chi connectivity index (χ2v) is 4.34. The summed E-state index contributed by atoms with van der Waals surface area (Å²) in [5.41, 5.74) is 0.783. The van der Waals surface area contributed by atoms with Gasteiger partial charge in [0.25, 0.3) is 0 Å². The summed E-state index contributed by atoms with van der Waals surface area (Å²) in [6, 6.07) is 0. The topological polar surface area (TPSA) is 79.7 Å². The van der Waals surface area contributed by atoms with Gasteiger partial charge in [-0.3, -0.25) is 0 Å². The minimum absolute atomic E-state index is 0.322. The summed E-state index contributed by atoms with van der Waals surface area (Å²) in [6.07, 6.45) is -2.91. The minimum Gasteiger partial charge on any atom is -0.467 e. The van der Waals surface area contributed by atoms with Crippen molar-refractivity contribution in [2.24, 2.45) is 0 Å². The predicted molar refractivity (Wildman–Crippen MR) is 54.6 cm³/mol. The van der Waals surface area contributed by atoms with Crippen LogP contribution in [0.3, 0.4) is 0 Å². The van der Waals surface area contributed by atoms with Crippen molar-refractivity contribution < 1.29 is 19.7 Å². The summed E-state index contributed by atoms with van der Waals surface area (Å²) in [5.74, 6) is -0.868. The third kappa shape index (κ3) is 2.53. The molecule has 0 aliphatic carbocycles. The van der Waals surface area contributed by atoms with Crippen LogP contribution in [0.15, 0.2) is 0 Å². The van der Waals surface area contributed by atoms with Gasteiger partial charge in [-0.2, -0.15) is 0 Å². The van der Waals surface area contributed by atoms with Gasteiger partial charge in [0.15, 0.2) is 6.10 Å². The Kier molecular flexibility index (Phi) is 3.78. The van der Waals surface area contributed by atoms with Crippen LogP contribution in [0.2, 0.25) is 0 Å². The van der Waals surface area contributed by atoms with E-state index >= 15 is 0 Å². The maximum absolute atomic E-state index is 11.0. The van der Waals surface area contributed by atoms with E-state index in [2.05, 4.69) is 9.72 Å². The fraction of sp³-hybridized carbons (Fsp3) is 0.556. The maximum atomic E-state index is 11.0. The number of hydrogen-bond donors (Lipinski definition) is 2. The summed E-state index contributed by atoms with van der Waals surface area (Å²) >= 11 is 1.25. The smallest absolute Gasteiger partial charge is 0.337 e. The van der Waals surface area contributed by atoms with Crippen molar-refractivity contribution in [3.63, 3.8) is 0 Å². The number of aliphatic hydroxyl groups excluding tert-OH is 2. The number of esters is 1. The molecule has 0 saturated heterocycles. The Morgan fingerprint density at radius 2 is 2.07 bits per heavy atom. The molecule has 0 amide bonds. The van der Waals surface area contributed by atoms with E-state index in [1.165, 1.54) is 11.3 Å². The Morgan fingerprint density at radius 1 is 1.47 bits per heavy atom. The lowest BCUT2D eigenvalue weighted by Gasteiger charge is -2.12. The number of rotatable bonds is 3. The van der Waals surface area contributed by atoms with Crippen molar-refractivity contribution in [1.29, 1.82) is 0 Å². The van der Waals surface area contributed by atoms with Gasteiger partial charge in [0.2, 0.25) is 0 Å². The van der Waals surface area contributed by atoms with Crippen LogP contribution in [-0.4, -0.2) is 34.4 Å². The highest BCUT2D eigenvalue weighted by atomic mass is 32.1. The molecular weight excluding hydrogens is 218 g/mol. The van der Waals surface area contributed by atoms with E-state index in [0.29, 0.717) is 5.01 Å². The third-order valence-corrected chi connectivity index (χ3v) is 3.18. The number of nitrogens with zero attached hydrogens (tertiary/aromatic N) is 1. The summed E-state index contributed by atoms with van der Waals surface area (Å²) in [7, 11) is 1.15. The number of aryl methyl sites for hydroxylation is 2. The average Bonchev–Trinajstić information content (AvgIpc) is 2.56. The van der Waals surface area contributed by atoms with Gasteiger partial charge in [0.05, 0.1) is 12.8 Å². The Balaban J connectivity index is 2.84. The van der Waals surface area contributed by atoms with Crippen molar-refractivity contribution in [2.75, 3.05) is 7.11 Å². The summed E-state index contributed by atoms with van der Waals surface area (Å²) in [6.45, 7) is 3.65. The fourth-order valence-electron chi connectivity index (χ4n) is 1.01. The van der Waals surface area contributed by atoms with Gasteiger partial charge in [-0.05, 0) is 13.8 Å². The number of thiazole rings is 1. The highest BCUT2D eigenvalue weighted by Crippen LogP contribution is 2.25. The summed E-state index contributed by atoms with van der Waals surface area (Å²) in [5, 5.41) is 19.3. The first kappa shape index (κ1) is 12.1. The lowest BCUT2D eigenvalue weighted by molar-refractivity contribution is -0.156. The molecular formula is C9H13NO4S. The largest absolute Gasteiger partial charge is 0.467 e. The molecule has 1 heterocycles. The first-order valence-corrected chi connectivity index (χ1v) is 5.17. The third-order valence-electron chi connectivity index (χ3n) is 2.04. The van der Waals surface area contributed by atoms with Crippen molar-refractivity contribution >= 4 is 17.3 Å². The molecule has 6 heteroatoms. The fourth-order valence-corrected chi connectivity index (χ4v) is 1.95. The second kappa shape index (κ2) is 4.69. The van der Waals surface area contributed by atoms with Crippen molar-refractivity contribution in [3.8, 4) is 0 Å². The van der Waals surface area contributed by atoms with Crippen LogP contribution in [0.4, 0.5) is 0 Å².